The molecule has 0 spiro atoms. The van der Waals surface area contributed by atoms with Crippen LogP contribution in [0.1, 0.15) is 16.2 Å². The molecule has 8 nitrogen and oxygen atoms in total. The molecule has 9 heteroatoms. The van der Waals surface area contributed by atoms with Crippen LogP contribution in [0.5, 0.6) is 11.5 Å². The fourth-order valence-electron chi connectivity index (χ4n) is 4.03. The summed E-state index contributed by atoms with van der Waals surface area (Å²) in [6, 6.07) is 11.2. The van der Waals surface area contributed by atoms with Gasteiger partial charge in [-0.1, -0.05) is 0 Å². The van der Waals surface area contributed by atoms with Crippen molar-refractivity contribution in [2.24, 2.45) is 0 Å². The van der Waals surface area contributed by atoms with E-state index in [9.17, 15) is 0 Å². The van der Waals surface area contributed by atoms with E-state index >= 15 is 0 Å². The van der Waals surface area contributed by atoms with Gasteiger partial charge in [-0.2, -0.15) is 0 Å². The van der Waals surface area contributed by atoms with Gasteiger partial charge in [-0.25, -0.2) is 14.5 Å². The van der Waals surface area contributed by atoms with Crippen LogP contribution >= 0.6 is 11.3 Å². The maximum absolute atomic E-state index is 5.97. The zero-order valence-corrected chi connectivity index (χ0v) is 18.6. The number of benzene rings is 1. The third-order valence-corrected chi connectivity index (χ3v) is 6.82. The van der Waals surface area contributed by atoms with Gasteiger partial charge in [0.25, 0.3) is 0 Å². The molecule has 1 aliphatic heterocycles. The summed E-state index contributed by atoms with van der Waals surface area (Å²) < 4.78 is 18.7. The standard InChI is InChI=1S/C23H21N5O3S/c1-27-10-9-17-19(11-27)32-23-20(17)22-25-21(26-28(22)13-24-23)18-8-7-16(31-18)12-30-15-5-3-14(29-2)4-6-15/h3-8,13H,9-12H2,1-2H3. The summed E-state index contributed by atoms with van der Waals surface area (Å²) in [5, 5.41) is 5.74. The Labute approximate surface area is 188 Å². The van der Waals surface area contributed by atoms with Crippen molar-refractivity contribution < 1.29 is 13.9 Å². The molecule has 0 unspecified atom stereocenters. The Morgan fingerprint density at radius 3 is 2.81 bits per heavy atom. The van der Waals surface area contributed by atoms with Crippen molar-refractivity contribution in [2.45, 2.75) is 19.6 Å². The van der Waals surface area contributed by atoms with Crippen molar-refractivity contribution >= 4 is 27.2 Å². The fraction of sp³-hybridized carbons (Fsp3) is 0.261. The summed E-state index contributed by atoms with van der Waals surface area (Å²) in [5.74, 6) is 3.39. The van der Waals surface area contributed by atoms with Crippen molar-refractivity contribution in [3.05, 3.63) is 58.9 Å². The Morgan fingerprint density at radius 1 is 1.12 bits per heavy atom. The SMILES string of the molecule is COc1ccc(OCc2ccc(-c3nc4c5c6c(sc5ncn4n3)CN(C)CC6)o2)cc1. The second kappa shape index (κ2) is 7.61. The number of hydrogen-bond donors (Lipinski definition) is 0. The Balaban J connectivity index is 1.28. The normalized spacial score (nSPS) is 14.2. The van der Waals surface area contributed by atoms with E-state index in [2.05, 4.69) is 22.0 Å². The van der Waals surface area contributed by atoms with Gasteiger partial charge < -0.3 is 18.8 Å². The van der Waals surface area contributed by atoms with Crippen molar-refractivity contribution in [1.82, 2.24) is 24.5 Å². The Kier molecular flexibility index (Phi) is 4.58. The Hall–Kier alpha value is -3.43. The van der Waals surface area contributed by atoms with E-state index < -0.39 is 0 Å². The Bertz CT molecular complexity index is 1420. The fourth-order valence-corrected chi connectivity index (χ4v) is 5.29. The number of rotatable bonds is 5. The minimum Gasteiger partial charge on any atom is -0.497 e. The number of aromatic nitrogens is 4. The van der Waals surface area contributed by atoms with Crippen molar-refractivity contribution in [2.75, 3.05) is 20.7 Å². The van der Waals surface area contributed by atoms with Crippen molar-refractivity contribution in [3.8, 4) is 23.1 Å². The summed E-state index contributed by atoms with van der Waals surface area (Å²) in [6.45, 7) is 2.31. The molecule has 0 bridgehead atoms. The van der Waals surface area contributed by atoms with Crippen LogP contribution in [0.4, 0.5) is 0 Å². The average molecular weight is 448 g/mol. The molecule has 6 rings (SSSR count). The van der Waals surface area contributed by atoms with E-state index in [0.717, 1.165) is 46.9 Å². The van der Waals surface area contributed by atoms with Crippen LogP contribution in [-0.4, -0.2) is 45.2 Å². The van der Waals surface area contributed by atoms with Crippen LogP contribution in [0.15, 0.2) is 47.1 Å². The molecule has 0 radical (unpaired) electrons. The smallest absolute Gasteiger partial charge is 0.217 e. The summed E-state index contributed by atoms with van der Waals surface area (Å²) in [7, 11) is 3.79. The van der Waals surface area contributed by atoms with Gasteiger partial charge in [-0.05, 0) is 55.4 Å². The highest BCUT2D eigenvalue weighted by atomic mass is 32.1. The first-order valence-electron chi connectivity index (χ1n) is 10.4. The van der Waals surface area contributed by atoms with Crippen LogP contribution in [0.3, 0.4) is 0 Å². The molecule has 162 valence electrons. The summed E-state index contributed by atoms with van der Waals surface area (Å²) in [4.78, 5) is 14.2. The lowest BCUT2D eigenvalue weighted by Gasteiger charge is -2.21. The quantitative estimate of drug-likeness (QED) is 0.400. The molecule has 0 amide bonds. The lowest BCUT2D eigenvalue weighted by Crippen LogP contribution is -2.25. The lowest BCUT2D eigenvalue weighted by molar-refractivity contribution is 0.271. The van der Waals surface area contributed by atoms with Crippen LogP contribution < -0.4 is 9.47 Å². The van der Waals surface area contributed by atoms with Crippen LogP contribution in [0, 0.1) is 0 Å². The van der Waals surface area contributed by atoms with Gasteiger partial charge in [0, 0.05) is 18.0 Å². The molecular formula is C23H21N5O3S. The van der Waals surface area contributed by atoms with Crippen molar-refractivity contribution in [1.29, 1.82) is 0 Å². The van der Waals surface area contributed by atoms with Gasteiger partial charge in [0.2, 0.25) is 5.82 Å². The van der Waals surface area contributed by atoms with E-state index in [1.54, 1.807) is 29.3 Å². The molecule has 0 saturated carbocycles. The number of hydrogen-bond acceptors (Lipinski definition) is 8. The minimum atomic E-state index is 0.317. The Morgan fingerprint density at radius 2 is 1.97 bits per heavy atom. The lowest BCUT2D eigenvalue weighted by atomic mass is 10.1. The molecule has 0 saturated heterocycles. The largest absolute Gasteiger partial charge is 0.497 e. The number of methoxy groups -OCH3 is 1. The van der Waals surface area contributed by atoms with Crippen LogP contribution in [0.25, 0.3) is 27.4 Å². The summed E-state index contributed by atoms with van der Waals surface area (Å²) >= 11 is 1.75. The second-order valence-corrected chi connectivity index (χ2v) is 8.93. The zero-order valence-electron chi connectivity index (χ0n) is 17.7. The first-order chi connectivity index (χ1) is 15.7. The number of thiophene rings is 1. The third kappa shape index (κ3) is 3.30. The second-order valence-electron chi connectivity index (χ2n) is 7.85. The number of fused-ring (bicyclic) bond motifs is 5. The topological polar surface area (TPSA) is 77.9 Å². The van der Waals surface area contributed by atoms with Gasteiger partial charge in [0.15, 0.2) is 11.4 Å². The van der Waals surface area contributed by atoms with E-state index in [-0.39, 0.29) is 0 Å². The average Bonchev–Trinajstić information content (AvgIpc) is 3.53. The molecule has 5 aromatic rings. The van der Waals surface area contributed by atoms with E-state index in [1.165, 1.54) is 10.4 Å². The van der Waals surface area contributed by atoms with E-state index in [0.29, 0.717) is 24.0 Å². The molecule has 0 fully saturated rings. The van der Waals surface area contributed by atoms with Gasteiger partial charge in [0.1, 0.15) is 35.0 Å². The number of nitrogens with zero attached hydrogens (tertiary/aromatic N) is 5. The van der Waals surface area contributed by atoms with Crippen molar-refractivity contribution in [3.63, 3.8) is 0 Å². The molecule has 32 heavy (non-hydrogen) atoms. The zero-order chi connectivity index (χ0) is 21.7. The maximum Gasteiger partial charge on any atom is 0.217 e. The molecular weight excluding hydrogens is 426 g/mol. The molecule has 1 aromatic carbocycles. The van der Waals surface area contributed by atoms with Gasteiger partial charge in [-0.3, -0.25) is 0 Å². The number of likely N-dealkylation sites (N-methyl/N-ethyl adjacent to an activating group) is 1. The summed E-state index contributed by atoms with van der Waals surface area (Å²) in [5.41, 5.74) is 2.19. The van der Waals surface area contributed by atoms with E-state index in [4.69, 9.17) is 18.9 Å². The van der Waals surface area contributed by atoms with Gasteiger partial charge >= 0.3 is 0 Å². The predicted octanol–water partition coefficient (Wildman–Crippen LogP) is 4.17. The number of furan rings is 1. The highest BCUT2D eigenvalue weighted by molar-refractivity contribution is 7.19. The summed E-state index contributed by atoms with van der Waals surface area (Å²) in [6.07, 6.45) is 2.74. The predicted molar refractivity (Wildman–Crippen MR) is 121 cm³/mol. The van der Waals surface area contributed by atoms with Crippen LogP contribution in [-0.2, 0) is 19.6 Å². The third-order valence-electron chi connectivity index (χ3n) is 5.69. The van der Waals surface area contributed by atoms with Gasteiger partial charge in [0.05, 0.1) is 12.5 Å². The molecule has 5 heterocycles. The maximum atomic E-state index is 5.97. The molecule has 0 atom stereocenters. The highest BCUT2D eigenvalue weighted by Gasteiger charge is 2.23. The minimum absolute atomic E-state index is 0.317. The molecule has 4 aromatic heterocycles. The van der Waals surface area contributed by atoms with E-state index in [1.807, 2.05) is 36.4 Å². The molecule has 0 aliphatic carbocycles. The first-order valence-corrected chi connectivity index (χ1v) is 11.2. The monoisotopic (exact) mass is 447 g/mol. The molecule has 0 N–H and O–H groups in total. The number of ether oxygens (including phenoxy) is 2. The van der Waals surface area contributed by atoms with Crippen LogP contribution in [0.2, 0.25) is 0 Å². The van der Waals surface area contributed by atoms with Gasteiger partial charge in [-0.15, -0.1) is 16.4 Å². The first kappa shape index (κ1) is 19.3. The highest BCUT2D eigenvalue weighted by Crippen LogP contribution is 2.36. The molecule has 1 aliphatic rings.